The van der Waals surface area contributed by atoms with E-state index in [-0.39, 0.29) is 47.9 Å². The van der Waals surface area contributed by atoms with Crippen LogP contribution in [0.15, 0.2) is 0 Å². The van der Waals surface area contributed by atoms with E-state index in [9.17, 15) is 0 Å². The van der Waals surface area contributed by atoms with Gasteiger partial charge in [-0.25, -0.2) is 0 Å². The maximum absolute atomic E-state index is 6.06. The quantitative estimate of drug-likeness (QED) is 0.209. The number of guanidine groups is 1. The summed E-state index contributed by atoms with van der Waals surface area (Å²) < 4.78 is 0. The molecule has 0 radical (unpaired) electrons. The van der Waals surface area contributed by atoms with Gasteiger partial charge < -0.3 is 11.5 Å². The van der Waals surface area contributed by atoms with Gasteiger partial charge in [-0.3, -0.25) is 5.41 Å². The molecule has 0 spiro atoms. The monoisotopic (exact) mass is 119 g/mol. The van der Waals surface area contributed by atoms with Gasteiger partial charge in [0, 0.05) is 0 Å². The van der Waals surface area contributed by atoms with Crippen molar-refractivity contribution in [3.63, 3.8) is 0 Å². The molecule has 5 heteroatoms. The van der Waals surface area contributed by atoms with Crippen molar-refractivity contribution >= 4 is 47.9 Å². The summed E-state index contributed by atoms with van der Waals surface area (Å²) >= 11 is 0. The van der Waals surface area contributed by atoms with Gasteiger partial charge in [0.2, 0.25) is 0 Å². The van der Waals surface area contributed by atoms with Crippen LogP contribution >= 0.6 is 12.4 Å². The van der Waals surface area contributed by atoms with Crippen molar-refractivity contribution in [3.8, 4) is 0 Å². The predicted molar refractivity (Wildman–Crippen MR) is 30.5 cm³/mol. The summed E-state index contributed by atoms with van der Waals surface area (Å²) in [6, 6.07) is 0. The first kappa shape index (κ1) is 16.0. The summed E-state index contributed by atoms with van der Waals surface area (Å²) in [7, 11) is 0. The van der Waals surface area contributed by atoms with E-state index in [0.29, 0.717) is 0 Å². The Morgan fingerprint density at radius 1 is 1.33 bits per heavy atom. The molecule has 5 N–H and O–H groups in total. The molecule has 0 atom stereocenters. The van der Waals surface area contributed by atoms with Gasteiger partial charge in [0.05, 0.1) is 0 Å². The maximum atomic E-state index is 6.06. The molecule has 0 unspecified atom stereocenters. The second kappa shape index (κ2) is 9.12. The van der Waals surface area contributed by atoms with E-state index >= 15 is 0 Å². The zero-order valence-corrected chi connectivity index (χ0v) is 3.38. The van der Waals surface area contributed by atoms with Crippen molar-refractivity contribution in [2.45, 2.75) is 0 Å². The van der Waals surface area contributed by atoms with Crippen LogP contribution in [-0.4, -0.2) is 35.5 Å². The molecule has 0 aromatic heterocycles. The molecule has 0 saturated carbocycles. The zero-order chi connectivity index (χ0) is 3.58. The zero-order valence-electron chi connectivity index (χ0n) is 2.56. The fourth-order valence-electron chi connectivity index (χ4n) is 0. The fourth-order valence-corrected chi connectivity index (χ4v) is 0. The number of halogens is 1. The van der Waals surface area contributed by atoms with E-state index < -0.39 is 0 Å². The molecule has 0 amide bonds. The van der Waals surface area contributed by atoms with Crippen molar-refractivity contribution < 1.29 is 0 Å². The average molecular weight is 120 g/mol. The van der Waals surface area contributed by atoms with Crippen LogP contribution in [0.4, 0.5) is 0 Å². The number of nitrogens with two attached hydrogens (primary N) is 2. The van der Waals surface area contributed by atoms with E-state index in [4.69, 9.17) is 5.41 Å². The van der Waals surface area contributed by atoms with Crippen LogP contribution in [0.1, 0.15) is 0 Å². The van der Waals surface area contributed by atoms with Gasteiger partial charge in [0.15, 0.2) is 5.96 Å². The minimum absolute atomic E-state index is 0. The van der Waals surface area contributed by atoms with Crippen molar-refractivity contribution in [2.75, 3.05) is 0 Å². The van der Waals surface area contributed by atoms with Crippen LogP contribution in [0.3, 0.4) is 0 Å². The second-order valence-corrected chi connectivity index (χ2v) is 0.455. The van der Waals surface area contributed by atoms with Crippen molar-refractivity contribution in [1.29, 1.82) is 5.41 Å². The van der Waals surface area contributed by atoms with Crippen LogP contribution in [0, 0.1) is 5.41 Å². The Morgan fingerprint density at radius 2 is 1.33 bits per heavy atom. The molecule has 0 aromatic rings. The number of hydrogen-bond acceptors (Lipinski definition) is 1. The fraction of sp³-hybridized carbons (Fsp3) is 0. The average Bonchev–Trinajstić information content (AvgIpc) is 0.811. The Morgan fingerprint density at radius 3 is 1.33 bits per heavy atom. The summed E-state index contributed by atoms with van der Waals surface area (Å²) in [6.07, 6.45) is 0. The Hall–Kier alpha value is 0.560. The predicted octanol–water partition coefficient (Wildman–Crippen LogP) is -1.39. The van der Waals surface area contributed by atoms with Crippen molar-refractivity contribution in [2.24, 2.45) is 11.5 Å². The van der Waals surface area contributed by atoms with Crippen LogP contribution in [0.5, 0.6) is 0 Å². The van der Waals surface area contributed by atoms with E-state index in [2.05, 4.69) is 11.5 Å². The van der Waals surface area contributed by atoms with Crippen LogP contribution < -0.4 is 11.5 Å². The summed E-state index contributed by atoms with van der Waals surface area (Å²) in [5, 5.41) is 6.06. The van der Waals surface area contributed by atoms with Crippen LogP contribution in [-0.2, 0) is 0 Å². The minimum atomic E-state index is -0.333. The van der Waals surface area contributed by atoms with Crippen molar-refractivity contribution in [3.05, 3.63) is 0 Å². The molecular formula is CH7ClN3Na. The Kier molecular flexibility index (Phi) is 24.3. The molecule has 34 valence electrons. The first-order chi connectivity index (χ1) is 1.73. The SMILES string of the molecule is Cl.N=C(N)N.[NaH]. The van der Waals surface area contributed by atoms with Crippen LogP contribution in [0.25, 0.3) is 0 Å². The summed E-state index contributed by atoms with van der Waals surface area (Å²) in [5.41, 5.74) is 8.94. The first-order valence-electron chi connectivity index (χ1n) is 0.827. The van der Waals surface area contributed by atoms with E-state index in [0.717, 1.165) is 0 Å². The Labute approximate surface area is 64.7 Å². The van der Waals surface area contributed by atoms with Crippen LogP contribution in [0.2, 0.25) is 0 Å². The molecule has 3 nitrogen and oxygen atoms in total. The summed E-state index contributed by atoms with van der Waals surface area (Å²) in [6.45, 7) is 0. The topological polar surface area (TPSA) is 75.9 Å². The summed E-state index contributed by atoms with van der Waals surface area (Å²) in [5.74, 6) is -0.333. The molecule has 0 bridgehead atoms. The molecular weight excluding hydrogens is 112 g/mol. The molecule has 0 aliphatic heterocycles. The van der Waals surface area contributed by atoms with Gasteiger partial charge in [-0.05, 0) is 0 Å². The van der Waals surface area contributed by atoms with E-state index in [1.165, 1.54) is 0 Å². The number of hydrogen-bond donors (Lipinski definition) is 3. The van der Waals surface area contributed by atoms with Gasteiger partial charge in [0.1, 0.15) is 0 Å². The number of nitrogens with one attached hydrogen (secondary N) is 1. The third-order valence-corrected chi connectivity index (χ3v) is 0. The first-order valence-corrected chi connectivity index (χ1v) is 0.827. The molecule has 0 aliphatic carbocycles. The Balaban J connectivity index is -0.0000000450. The molecule has 0 saturated heterocycles. The Bertz CT molecular complexity index is 33.8. The summed E-state index contributed by atoms with van der Waals surface area (Å²) in [4.78, 5) is 0. The molecule has 0 rings (SSSR count). The van der Waals surface area contributed by atoms with Gasteiger partial charge >= 0.3 is 29.6 Å². The molecule has 0 fully saturated rings. The second-order valence-electron chi connectivity index (χ2n) is 0.455. The van der Waals surface area contributed by atoms with Gasteiger partial charge in [-0.1, -0.05) is 0 Å². The number of rotatable bonds is 0. The van der Waals surface area contributed by atoms with E-state index in [1.54, 1.807) is 0 Å². The van der Waals surface area contributed by atoms with Crippen molar-refractivity contribution in [1.82, 2.24) is 0 Å². The standard InChI is InChI=1S/CH5N3.ClH.Na.H/c2-1(3)4;;;/h(H5,2,3,4);1H;;. The molecule has 0 aliphatic rings. The van der Waals surface area contributed by atoms with Gasteiger partial charge in [0.25, 0.3) is 0 Å². The van der Waals surface area contributed by atoms with Gasteiger partial charge in [-0.15, -0.1) is 12.4 Å². The molecule has 0 aromatic carbocycles. The molecule has 6 heavy (non-hydrogen) atoms. The van der Waals surface area contributed by atoms with Gasteiger partial charge in [-0.2, -0.15) is 0 Å². The van der Waals surface area contributed by atoms with E-state index in [1.807, 2.05) is 0 Å². The third-order valence-electron chi connectivity index (χ3n) is 0. The normalized spacial score (nSPS) is 4.00. The molecule has 0 heterocycles. The third kappa shape index (κ3) is 184.